The van der Waals surface area contributed by atoms with Crippen LogP contribution in [0.4, 0.5) is 0 Å². The van der Waals surface area contributed by atoms with Gasteiger partial charge in [0.1, 0.15) is 0 Å². The molecule has 3 heteroatoms. The van der Waals surface area contributed by atoms with Crippen LogP contribution in [0.25, 0.3) is 10.8 Å². The highest BCUT2D eigenvalue weighted by Crippen LogP contribution is 2.16. The molecule has 2 N–H and O–H groups in total. The summed E-state index contributed by atoms with van der Waals surface area (Å²) < 4.78 is 0. The zero-order valence-electron chi connectivity index (χ0n) is 11.3. The summed E-state index contributed by atoms with van der Waals surface area (Å²) in [6.07, 6.45) is 0. The van der Waals surface area contributed by atoms with E-state index in [9.17, 15) is 4.79 Å². The second kappa shape index (κ2) is 5.41. The molecule has 0 saturated heterocycles. The van der Waals surface area contributed by atoms with E-state index < -0.39 is 0 Å². The highest BCUT2D eigenvalue weighted by Gasteiger charge is 2.17. The summed E-state index contributed by atoms with van der Waals surface area (Å²) in [6.45, 7) is 4.32. The van der Waals surface area contributed by atoms with Crippen molar-refractivity contribution in [1.82, 2.24) is 5.32 Å². The molecule has 0 aliphatic heterocycles. The maximum absolute atomic E-state index is 12.1. The monoisotopic (exact) mass is 257 g/mol. The molecule has 0 unspecified atom stereocenters. The fourth-order valence-corrected chi connectivity index (χ4v) is 1.81. The van der Waals surface area contributed by atoms with Crippen LogP contribution in [0.3, 0.4) is 0 Å². The first-order valence-corrected chi connectivity index (χ1v) is 6.40. The molecule has 0 aromatic heterocycles. The van der Waals surface area contributed by atoms with Crippen molar-refractivity contribution in [2.24, 2.45) is 5.41 Å². The van der Waals surface area contributed by atoms with E-state index >= 15 is 0 Å². The van der Waals surface area contributed by atoms with Gasteiger partial charge in [-0.05, 0) is 22.9 Å². The Kier molecular flexibility index (Phi) is 3.86. The number of aliphatic hydroxyl groups is 1. The van der Waals surface area contributed by atoms with Crippen molar-refractivity contribution >= 4 is 16.7 Å². The minimum atomic E-state index is -0.299. The van der Waals surface area contributed by atoms with Gasteiger partial charge in [0.2, 0.25) is 0 Å². The SMILES string of the molecule is CC(C)(CO)CNC(=O)c1ccc2ccccc2c1. The third-order valence-electron chi connectivity index (χ3n) is 3.17. The predicted molar refractivity (Wildman–Crippen MR) is 77.1 cm³/mol. The van der Waals surface area contributed by atoms with Crippen LogP contribution in [0.1, 0.15) is 24.2 Å². The third kappa shape index (κ3) is 3.32. The molecule has 0 atom stereocenters. The summed E-state index contributed by atoms with van der Waals surface area (Å²) in [5.41, 5.74) is 0.347. The topological polar surface area (TPSA) is 49.3 Å². The normalized spacial score (nSPS) is 11.5. The third-order valence-corrected chi connectivity index (χ3v) is 3.17. The molecule has 0 spiro atoms. The molecule has 0 aliphatic carbocycles. The maximum Gasteiger partial charge on any atom is 0.251 e. The Morgan fingerprint density at radius 2 is 1.84 bits per heavy atom. The second-order valence-electron chi connectivity index (χ2n) is 5.57. The van der Waals surface area contributed by atoms with Crippen LogP contribution >= 0.6 is 0 Å². The lowest BCUT2D eigenvalue weighted by Gasteiger charge is -2.21. The van der Waals surface area contributed by atoms with E-state index in [2.05, 4.69) is 5.32 Å². The molecular formula is C16H19NO2. The Morgan fingerprint density at radius 3 is 2.53 bits per heavy atom. The van der Waals surface area contributed by atoms with Crippen LogP contribution < -0.4 is 5.32 Å². The predicted octanol–water partition coefficient (Wildman–Crippen LogP) is 2.59. The number of nitrogens with one attached hydrogen (secondary N) is 1. The minimum Gasteiger partial charge on any atom is -0.396 e. The standard InChI is InChI=1S/C16H19NO2/c1-16(2,11-18)10-17-15(19)14-8-7-12-5-3-4-6-13(12)9-14/h3-9,18H,10-11H2,1-2H3,(H,17,19). The summed E-state index contributed by atoms with van der Waals surface area (Å²) >= 11 is 0. The number of carbonyl (C=O) groups is 1. The van der Waals surface area contributed by atoms with Gasteiger partial charge in [0.15, 0.2) is 0 Å². The number of rotatable bonds is 4. The van der Waals surface area contributed by atoms with Gasteiger partial charge in [0, 0.05) is 24.1 Å². The first-order valence-electron chi connectivity index (χ1n) is 6.40. The van der Waals surface area contributed by atoms with Gasteiger partial charge in [-0.25, -0.2) is 0 Å². The first kappa shape index (κ1) is 13.6. The number of aliphatic hydroxyl groups excluding tert-OH is 1. The molecule has 19 heavy (non-hydrogen) atoms. The molecule has 0 heterocycles. The number of carbonyl (C=O) groups excluding carboxylic acids is 1. The summed E-state index contributed by atoms with van der Waals surface area (Å²) in [7, 11) is 0. The van der Waals surface area contributed by atoms with E-state index in [1.807, 2.05) is 56.3 Å². The largest absolute Gasteiger partial charge is 0.396 e. The van der Waals surface area contributed by atoms with Gasteiger partial charge in [-0.2, -0.15) is 0 Å². The van der Waals surface area contributed by atoms with Gasteiger partial charge in [-0.15, -0.1) is 0 Å². The van der Waals surface area contributed by atoms with Crippen molar-refractivity contribution in [2.75, 3.05) is 13.2 Å². The molecule has 0 bridgehead atoms. The van der Waals surface area contributed by atoms with Gasteiger partial charge in [-0.3, -0.25) is 4.79 Å². The summed E-state index contributed by atoms with van der Waals surface area (Å²) in [5.74, 6) is -0.104. The molecule has 0 radical (unpaired) electrons. The van der Waals surface area contributed by atoms with Crippen molar-refractivity contribution in [3.05, 3.63) is 48.0 Å². The molecule has 0 saturated carbocycles. The molecule has 0 aliphatic rings. The molecule has 100 valence electrons. The maximum atomic E-state index is 12.1. The summed E-state index contributed by atoms with van der Waals surface area (Å²) in [6, 6.07) is 13.6. The highest BCUT2D eigenvalue weighted by atomic mass is 16.3. The van der Waals surface area contributed by atoms with E-state index in [1.165, 1.54) is 0 Å². The smallest absolute Gasteiger partial charge is 0.251 e. The fourth-order valence-electron chi connectivity index (χ4n) is 1.81. The quantitative estimate of drug-likeness (QED) is 0.884. The van der Waals surface area contributed by atoms with Crippen LogP contribution in [0.5, 0.6) is 0 Å². The van der Waals surface area contributed by atoms with Gasteiger partial charge >= 0.3 is 0 Å². The van der Waals surface area contributed by atoms with Crippen LogP contribution in [-0.2, 0) is 0 Å². The lowest BCUT2D eigenvalue weighted by Crippen LogP contribution is -2.36. The fraction of sp³-hybridized carbons (Fsp3) is 0.312. The average Bonchev–Trinajstić information content (AvgIpc) is 2.44. The number of amides is 1. The van der Waals surface area contributed by atoms with Gasteiger partial charge < -0.3 is 10.4 Å². The molecule has 1 amide bonds. The Labute approximate surface area is 113 Å². The van der Waals surface area contributed by atoms with Crippen LogP contribution in [0.2, 0.25) is 0 Å². The van der Waals surface area contributed by atoms with Gasteiger partial charge in [0.25, 0.3) is 5.91 Å². The van der Waals surface area contributed by atoms with E-state index in [4.69, 9.17) is 5.11 Å². The number of hydrogen-bond acceptors (Lipinski definition) is 2. The number of hydrogen-bond donors (Lipinski definition) is 2. The van der Waals surface area contributed by atoms with Gasteiger partial charge in [0.05, 0.1) is 0 Å². The van der Waals surface area contributed by atoms with Crippen molar-refractivity contribution in [1.29, 1.82) is 0 Å². The van der Waals surface area contributed by atoms with Crippen molar-refractivity contribution in [2.45, 2.75) is 13.8 Å². The average molecular weight is 257 g/mol. The molecule has 2 aromatic carbocycles. The molecular weight excluding hydrogens is 238 g/mol. The molecule has 3 nitrogen and oxygen atoms in total. The van der Waals surface area contributed by atoms with E-state index in [-0.39, 0.29) is 17.9 Å². The van der Waals surface area contributed by atoms with Crippen molar-refractivity contribution in [3.8, 4) is 0 Å². The first-order chi connectivity index (χ1) is 9.02. The Hall–Kier alpha value is -1.87. The zero-order chi connectivity index (χ0) is 13.9. The van der Waals surface area contributed by atoms with E-state index in [0.717, 1.165) is 10.8 Å². The van der Waals surface area contributed by atoms with Crippen LogP contribution in [-0.4, -0.2) is 24.2 Å². The lowest BCUT2D eigenvalue weighted by molar-refractivity contribution is 0.0911. The number of fused-ring (bicyclic) bond motifs is 1. The zero-order valence-corrected chi connectivity index (χ0v) is 11.3. The minimum absolute atomic E-state index is 0.0466. The second-order valence-corrected chi connectivity index (χ2v) is 5.57. The Balaban J connectivity index is 2.13. The number of benzene rings is 2. The van der Waals surface area contributed by atoms with E-state index in [1.54, 1.807) is 0 Å². The lowest BCUT2D eigenvalue weighted by atomic mass is 9.95. The summed E-state index contributed by atoms with van der Waals surface area (Å²) in [5, 5.41) is 14.2. The van der Waals surface area contributed by atoms with Crippen molar-refractivity contribution < 1.29 is 9.90 Å². The van der Waals surface area contributed by atoms with Crippen LogP contribution in [0.15, 0.2) is 42.5 Å². The molecule has 2 aromatic rings. The molecule has 0 fully saturated rings. The summed E-state index contributed by atoms with van der Waals surface area (Å²) in [4.78, 5) is 12.1. The molecule has 2 rings (SSSR count). The van der Waals surface area contributed by atoms with Crippen molar-refractivity contribution in [3.63, 3.8) is 0 Å². The van der Waals surface area contributed by atoms with Gasteiger partial charge in [-0.1, -0.05) is 44.2 Å². The Morgan fingerprint density at radius 1 is 1.16 bits per heavy atom. The Bertz CT molecular complexity index is 590. The van der Waals surface area contributed by atoms with E-state index in [0.29, 0.717) is 12.1 Å². The highest BCUT2D eigenvalue weighted by molar-refractivity contribution is 5.98. The van der Waals surface area contributed by atoms with Crippen LogP contribution in [0, 0.1) is 5.41 Å².